The minimum absolute atomic E-state index is 0.386. The molecule has 2 N–H and O–H groups in total. The van der Waals surface area contributed by atoms with Gasteiger partial charge in [-0.15, -0.1) is 0 Å². The van der Waals surface area contributed by atoms with Crippen molar-refractivity contribution in [1.82, 2.24) is 19.9 Å². The highest BCUT2D eigenvalue weighted by Crippen LogP contribution is 2.15. The van der Waals surface area contributed by atoms with Crippen molar-refractivity contribution in [2.24, 2.45) is 0 Å². The Balaban J connectivity index is 1.73. The molecule has 1 fully saturated rings. The summed E-state index contributed by atoms with van der Waals surface area (Å²) in [7, 11) is 0. The summed E-state index contributed by atoms with van der Waals surface area (Å²) in [6.07, 6.45) is 1.75. The third-order valence-electron chi connectivity index (χ3n) is 3.45. The Morgan fingerprint density at radius 1 is 1.10 bits per heavy atom. The molecule has 1 saturated heterocycles. The number of aromatic amines is 2. The van der Waals surface area contributed by atoms with Crippen LogP contribution < -0.4 is 21.0 Å². The molecule has 0 spiro atoms. The minimum atomic E-state index is -0.480. The SMILES string of the molecule is Cc1nccc(N2CCN(c3cc(=O)[nH]c(=O)[nH]3)CC2)n1. The molecule has 0 aliphatic carbocycles. The van der Waals surface area contributed by atoms with Gasteiger partial charge >= 0.3 is 5.69 Å². The van der Waals surface area contributed by atoms with Gasteiger partial charge in [-0.25, -0.2) is 14.8 Å². The fourth-order valence-electron chi connectivity index (χ4n) is 2.42. The Labute approximate surface area is 120 Å². The van der Waals surface area contributed by atoms with Crippen molar-refractivity contribution in [1.29, 1.82) is 0 Å². The van der Waals surface area contributed by atoms with Crippen LogP contribution in [0.3, 0.4) is 0 Å². The van der Waals surface area contributed by atoms with E-state index in [4.69, 9.17) is 0 Å². The molecule has 8 nitrogen and oxygen atoms in total. The lowest BCUT2D eigenvalue weighted by molar-refractivity contribution is 0.638. The van der Waals surface area contributed by atoms with Crippen molar-refractivity contribution in [2.75, 3.05) is 36.0 Å². The first-order valence-corrected chi connectivity index (χ1v) is 6.75. The molecular formula is C13H16N6O2. The number of nitrogens with zero attached hydrogens (tertiary/aromatic N) is 4. The standard InChI is InChI=1S/C13H16N6O2/c1-9-14-3-2-10(15-9)18-4-6-19(7-5-18)11-8-12(20)17-13(21)16-11/h2-3,8H,4-7H2,1H3,(H2,16,17,20,21). The summed E-state index contributed by atoms with van der Waals surface area (Å²) >= 11 is 0. The van der Waals surface area contributed by atoms with Crippen molar-refractivity contribution < 1.29 is 0 Å². The molecule has 0 amide bonds. The molecule has 0 unspecified atom stereocenters. The summed E-state index contributed by atoms with van der Waals surface area (Å²) in [4.78, 5) is 40.1. The molecule has 0 atom stereocenters. The van der Waals surface area contributed by atoms with Crippen molar-refractivity contribution in [3.63, 3.8) is 0 Å². The zero-order chi connectivity index (χ0) is 14.8. The number of rotatable bonds is 2. The number of nitrogens with one attached hydrogen (secondary N) is 2. The Morgan fingerprint density at radius 2 is 1.81 bits per heavy atom. The molecule has 8 heteroatoms. The molecule has 1 aliphatic rings. The number of H-pyrrole nitrogens is 2. The van der Waals surface area contributed by atoms with Crippen LogP contribution in [0.4, 0.5) is 11.6 Å². The van der Waals surface area contributed by atoms with Gasteiger partial charge in [0.2, 0.25) is 0 Å². The molecule has 2 aromatic rings. The first-order valence-electron chi connectivity index (χ1n) is 6.75. The van der Waals surface area contributed by atoms with Crippen LogP contribution in [0, 0.1) is 6.92 Å². The Bertz CT molecular complexity index is 716. The van der Waals surface area contributed by atoms with Gasteiger partial charge in [-0.1, -0.05) is 0 Å². The highest BCUT2D eigenvalue weighted by molar-refractivity contribution is 5.43. The molecule has 3 heterocycles. The lowest BCUT2D eigenvalue weighted by Gasteiger charge is -2.36. The summed E-state index contributed by atoms with van der Waals surface area (Å²) in [5, 5.41) is 0. The molecule has 21 heavy (non-hydrogen) atoms. The van der Waals surface area contributed by atoms with Gasteiger partial charge in [0.25, 0.3) is 5.56 Å². The molecule has 0 bridgehead atoms. The molecule has 2 aromatic heterocycles. The Hall–Kier alpha value is -2.64. The molecular weight excluding hydrogens is 272 g/mol. The molecule has 110 valence electrons. The summed E-state index contributed by atoms with van der Waals surface area (Å²) in [5.74, 6) is 2.21. The predicted octanol–water partition coefficient (Wildman–Crippen LogP) is -0.512. The van der Waals surface area contributed by atoms with E-state index in [1.54, 1.807) is 6.20 Å². The van der Waals surface area contributed by atoms with E-state index in [0.29, 0.717) is 18.9 Å². The van der Waals surface area contributed by atoms with Crippen LogP contribution >= 0.6 is 0 Å². The quantitative estimate of drug-likeness (QED) is 0.772. The number of hydrogen-bond donors (Lipinski definition) is 2. The molecule has 0 radical (unpaired) electrons. The van der Waals surface area contributed by atoms with Crippen molar-refractivity contribution in [2.45, 2.75) is 6.92 Å². The zero-order valence-corrected chi connectivity index (χ0v) is 11.7. The van der Waals surface area contributed by atoms with Gasteiger partial charge < -0.3 is 9.80 Å². The maximum atomic E-state index is 11.3. The third-order valence-corrected chi connectivity index (χ3v) is 3.45. The second-order valence-electron chi connectivity index (χ2n) is 4.91. The van der Waals surface area contributed by atoms with E-state index in [9.17, 15) is 9.59 Å². The van der Waals surface area contributed by atoms with Crippen molar-refractivity contribution in [3.8, 4) is 0 Å². The average Bonchev–Trinajstić information content (AvgIpc) is 2.46. The van der Waals surface area contributed by atoms with E-state index in [2.05, 4.69) is 24.8 Å². The van der Waals surface area contributed by atoms with Crippen molar-refractivity contribution >= 4 is 11.6 Å². The lowest BCUT2D eigenvalue weighted by Crippen LogP contribution is -2.48. The number of aryl methyl sites for hydroxylation is 1. The maximum Gasteiger partial charge on any atom is 0.327 e. The van der Waals surface area contributed by atoms with Crippen LogP contribution in [0.5, 0.6) is 0 Å². The highest BCUT2D eigenvalue weighted by atomic mass is 16.2. The lowest BCUT2D eigenvalue weighted by atomic mass is 10.3. The molecule has 3 rings (SSSR count). The van der Waals surface area contributed by atoms with E-state index in [1.807, 2.05) is 17.9 Å². The van der Waals surface area contributed by atoms with Gasteiger partial charge in [-0.05, 0) is 13.0 Å². The maximum absolute atomic E-state index is 11.3. The summed E-state index contributed by atoms with van der Waals surface area (Å²) in [6, 6.07) is 3.30. The van der Waals surface area contributed by atoms with E-state index < -0.39 is 5.69 Å². The number of piperazine rings is 1. The number of anilines is 2. The Morgan fingerprint density at radius 3 is 2.48 bits per heavy atom. The van der Waals surface area contributed by atoms with E-state index in [1.165, 1.54) is 6.07 Å². The van der Waals surface area contributed by atoms with Gasteiger partial charge in [-0.3, -0.25) is 14.8 Å². The molecule has 0 saturated carbocycles. The van der Waals surface area contributed by atoms with Crippen molar-refractivity contribution in [3.05, 3.63) is 45.0 Å². The number of hydrogen-bond acceptors (Lipinski definition) is 6. The van der Waals surface area contributed by atoms with Crippen LogP contribution in [-0.4, -0.2) is 46.1 Å². The second kappa shape index (κ2) is 5.39. The summed E-state index contributed by atoms with van der Waals surface area (Å²) in [6.45, 7) is 4.82. The van der Waals surface area contributed by atoms with Gasteiger partial charge in [-0.2, -0.15) is 0 Å². The van der Waals surface area contributed by atoms with E-state index in [0.717, 1.165) is 24.7 Å². The van der Waals surface area contributed by atoms with Crippen LogP contribution in [0.1, 0.15) is 5.82 Å². The fraction of sp³-hybridized carbons (Fsp3) is 0.385. The predicted molar refractivity (Wildman–Crippen MR) is 78.9 cm³/mol. The first-order chi connectivity index (χ1) is 10.1. The number of aromatic nitrogens is 4. The normalized spacial score (nSPS) is 15.3. The molecule has 0 aromatic carbocycles. The van der Waals surface area contributed by atoms with Crippen LogP contribution in [0.2, 0.25) is 0 Å². The fourth-order valence-corrected chi connectivity index (χ4v) is 2.42. The average molecular weight is 288 g/mol. The van der Waals surface area contributed by atoms with E-state index in [-0.39, 0.29) is 5.56 Å². The van der Waals surface area contributed by atoms with E-state index >= 15 is 0 Å². The largest absolute Gasteiger partial charge is 0.354 e. The second-order valence-corrected chi connectivity index (χ2v) is 4.91. The van der Waals surface area contributed by atoms with Gasteiger partial charge in [0, 0.05) is 38.4 Å². The van der Waals surface area contributed by atoms with Crippen LogP contribution in [0.25, 0.3) is 0 Å². The highest BCUT2D eigenvalue weighted by Gasteiger charge is 2.19. The molecule has 1 aliphatic heterocycles. The van der Waals surface area contributed by atoms with Crippen LogP contribution in [-0.2, 0) is 0 Å². The van der Waals surface area contributed by atoms with Gasteiger partial charge in [0.15, 0.2) is 0 Å². The summed E-state index contributed by atoms with van der Waals surface area (Å²) < 4.78 is 0. The minimum Gasteiger partial charge on any atom is -0.354 e. The monoisotopic (exact) mass is 288 g/mol. The third kappa shape index (κ3) is 2.93. The Kier molecular flexibility index (Phi) is 3.43. The smallest absolute Gasteiger partial charge is 0.327 e. The van der Waals surface area contributed by atoms with Crippen LogP contribution in [0.15, 0.2) is 27.9 Å². The summed E-state index contributed by atoms with van der Waals surface area (Å²) in [5.41, 5.74) is -0.867. The first kappa shape index (κ1) is 13.3. The topological polar surface area (TPSA) is 98.0 Å². The van der Waals surface area contributed by atoms with Gasteiger partial charge in [0.05, 0.1) is 0 Å². The van der Waals surface area contributed by atoms with Gasteiger partial charge in [0.1, 0.15) is 17.5 Å². The zero-order valence-electron chi connectivity index (χ0n) is 11.7.